The lowest BCUT2D eigenvalue weighted by Crippen LogP contribution is -2.30. The van der Waals surface area contributed by atoms with Crippen molar-refractivity contribution in [2.75, 3.05) is 46.4 Å². The molecule has 2 aromatic carbocycles. The van der Waals surface area contributed by atoms with Crippen LogP contribution < -0.4 is 5.32 Å². The molecule has 4 aromatic rings. The Balaban J connectivity index is 1.39. The Morgan fingerprint density at radius 1 is 1.09 bits per heavy atom. The Morgan fingerprint density at radius 3 is 2.78 bits per heavy atom. The fourth-order valence-electron chi connectivity index (χ4n) is 7.57. The predicted octanol–water partition coefficient (Wildman–Crippen LogP) is 5.44. The molecule has 0 radical (unpaired) electrons. The van der Waals surface area contributed by atoms with Gasteiger partial charge < -0.3 is 24.5 Å². The van der Waals surface area contributed by atoms with Crippen LogP contribution in [0.25, 0.3) is 32.9 Å². The molecule has 45 heavy (non-hydrogen) atoms. The summed E-state index contributed by atoms with van der Waals surface area (Å²) in [5.74, 6) is 0.448. The molecule has 0 atom stereocenters. The summed E-state index contributed by atoms with van der Waals surface area (Å²) in [6, 6.07) is 6.72. The lowest BCUT2D eigenvalue weighted by Gasteiger charge is -2.23. The summed E-state index contributed by atoms with van der Waals surface area (Å²) in [5, 5.41) is 15.0. The largest absolute Gasteiger partial charge is 0.395 e. The number of oxime groups is 1. The van der Waals surface area contributed by atoms with Gasteiger partial charge in [-0.2, -0.15) is 5.10 Å². The van der Waals surface area contributed by atoms with Crippen molar-refractivity contribution in [1.82, 2.24) is 29.5 Å². The van der Waals surface area contributed by atoms with Crippen molar-refractivity contribution in [2.24, 2.45) is 11.1 Å². The summed E-state index contributed by atoms with van der Waals surface area (Å²) in [6.45, 7) is 17.0. The summed E-state index contributed by atoms with van der Waals surface area (Å²) < 4.78 is 4.59. The van der Waals surface area contributed by atoms with Crippen LogP contribution in [0, 0.1) is 5.92 Å². The van der Waals surface area contributed by atoms with Gasteiger partial charge in [0.05, 0.1) is 22.5 Å². The van der Waals surface area contributed by atoms with Gasteiger partial charge in [-0.1, -0.05) is 25.1 Å². The molecular weight excluding hydrogens is 562 g/mol. The highest BCUT2D eigenvalue weighted by molar-refractivity contribution is 6.20. The summed E-state index contributed by atoms with van der Waals surface area (Å²) in [5.41, 5.74) is 11.0. The zero-order chi connectivity index (χ0) is 31.2. The maximum absolute atomic E-state index is 13.6. The maximum Gasteiger partial charge on any atom is 0.252 e. The molecular formula is C36H47N7O2. The molecule has 9 nitrogen and oxygen atoms in total. The van der Waals surface area contributed by atoms with Crippen LogP contribution in [0.1, 0.15) is 73.3 Å². The van der Waals surface area contributed by atoms with E-state index in [0.717, 1.165) is 91.2 Å². The van der Waals surface area contributed by atoms with Crippen LogP contribution in [-0.2, 0) is 37.3 Å². The van der Waals surface area contributed by atoms with Crippen LogP contribution in [0.15, 0.2) is 29.6 Å². The van der Waals surface area contributed by atoms with E-state index in [4.69, 9.17) is 9.94 Å². The number of rotatable bonds is 9. The number of hydrogen-bond donors (Lipinski definition) is 1. The first kappa shape index (κ1) is 30.0. The molecule has 7 rings (SSSR count). The lowest BCUT2D eigenvalue weighted by atomic mass is 9.82. The Labute approximate surface area is 266 Å². The van der Waals surface area contributed by atoms with E-state index in [1.807, 2.05) is 11.6 Å². The van der Waals surface area contributed by atoms with Crippen LogP contribution in [0.4, 0.5) is 0 Å². The van der Waals surface area contributed by atoms with Crippen LogP contribution in [-0.4, -0.2) is 82.1 Å². The molecule has 2 aromatic heterocycles. The second-order valence-electron chi connectivity index (χ2n) is 13.6. The maximum atomic E-state index is 13.6. The van der Waals surface area contributed by atoms with E-state index in [9.17, 15) is 4.79 Å². The summed E-state index contributed by atoms with van der Waals surface area (Å²) >= 11 is 0. The van der Waals surface area contributed by atoms with Gasteiger partial charge in [0.25, 0.3) is 5.91 Å². The van der Waals surface area contributed by atoms with Crippen LogP contribution >= 0.6 is 0 Å². The highest BCUT2D eigenvalue weighted by Crippen LogP contribution is 2.47. The molecule has 1 saturated heterocycles. The Hall–Kier alpha value is -3.69. The molecule has 1 N–H and O–H groups in total. The molecule has 0 spiro atoms. The van der Waals surface area contributed by atoms with E-state index in [1.165, 1.54) is 46.9 Å². The minimum absolute atomic E-state index is 0.0308. The van der Waals surface area contributed by atoms with Crippen LogP contribution in [0.3, 0.4) is 0 Å². The number of carbonyl (C=O) groups is 1. The van der Waals surface area contributed by atoms with E-state index >= 15 is 0 Å². The van der Waals surface area contributed by atoms with Gasteiger partial charge in [0.2, 0.25) is 0 Å². The van der Waals surface area contributed by atoms with Crippen LogP contribution in [0.5, 0.6) is 0 Å². The molecule has 9 heteroatoms. The average Bonchev–Trinajstić information content (AvgIpc) is 3.67. The van der Waals surface area contributed by atoms with Crippen molar-refractivity contribution in [1.29, 1.82) is 0 Å². The molecule has 3 aliphatic rings. The van der Waals surface area contributed by atoms with Crippen molar-refractivity contribution in [3.05, 3.63) is 52.3 Å². The van der Waals surface area contributed by atoms with Crippen molar-refractivity contribution in [2.45, 2.75) is 73.0 Å². The van der Waals surface area contributed by atoms with Gasteiger partial charge in [-0.25, -0.2) is 0 Å². The third-order valence-electron chi connectivity index (χ3n) is 9.90. The van der Waals surface area contributed by atoms with E-state index in [-0.39, 0.29) is 5.91 Å². The third-order valence-corrected chi connectivity index (χ3v) is 9.90. The highest BCUT2D eigenvalue weighted by atomic mass is 16.6. The molecule has 0 unspecified atom stereocenters. The zero-order valence-electron chi connectivity index (χ0n) is 27.6. The number of hydrogen-bond acceptors (Lipinski definition) is 6. The fraction of sp³-hybridized carbons (Fsp3) is 0.528. The lowest BCUT2D eigenvalue weighted by molar-refractivity contribution is 0.0966. The first-order chi connectivity index (χ1) is 21.8. The Bertz CT molecular complexity index is 1800. The number of aromatic nitrogens is 3. The topological polar surface area (TPSA) is 79.9 Å². The van der Waals surface area contributed by atoms with Gasteiger partial charge >= 0.3 is 0 Å². The first-order valence-corrected chi connectivity index (χ1v) is 16.9. The monoisotopic (exact) mass is 609 g/mol. The minimum atomic E-state index is 0.0308. The predicted molar refractivity (Wildman–Crippen MR) is 181 cm³/mol. The van der Waals surface area contributed by atoms with Crippen molar-refractivity contribution in [3.8, 4) is 11.1 Å². The number of likely N-dealkylation sites (N-methyl/N-ethyl adjacent to an activating group) is 1. The zero-order valence-corrected chi connectivity index (χ0v) is 27.6. The molecule has 0 bridgehead atoms. The van der Waals surface area contributed by atoms with Gasteiger partial charge in [0.1, 0.15) is 6.61 Å². The number of aryl methyl sites for hydroxylation is 4. The first-order valence-electron chi connectivity index (χ1n) is 16.9. The van der Waals surface area contributed by atoms with Crippen LogP contribution in [0.2, 0.25) is 0 Å². The van der Waals surface area contributed by atoms with Gasteiger partial charge in [-0.15, -0.1) is 0 Å². The SMILES string of the molecule is CCn1cc2c(n1)CCc1c-2c2c(c3c4cc(C(C)=NOCC(C)C)ccc4n(CCCN4CCCN(C)CC4)c13)CNC2=O. The summed E-state index contributed by atoms with van der Waals surface area (Å²) in [4.78, 5) is 24.3. The second kappa shape index (κ2) is 12.2. The number of amides is 1. The Kier molecular flexibility index (Phi) is 8.16. The standard InChI is InChI=1S/C36H47N7O2/c1-6-42-21-29-30(38-42)11-10-26-32(29)34-28(20-37-36(34)44)33-27-19-25(24(4)39-45-22-23(2)3)9-12-31(27)43(35(26)33)16-8-15-41-14-7-13-40(5)17-18-41/h9,12,19,21,23H,6-8,10-11,13-18,20,22H2,1-5H3,(H,37,44). The number of benzene rings is 2. The molecule has 4 heterocycles. The number of fused-ring (bicyclic) bond motifs is 10. The van der Waals surface area contributed by atoms with E-state index < -0.39 is 0 Å². The fourth-order valence-corrected chi connectivity index (χ4v) is 7.57. The molecule has 1 aliphatic carbocycles. The molecule has 0 saturated carbocycles. The van der Waals surface area contributed by atoms with Gasteiger partial charge in [-0.05, 0) is 101 Å². The van der Waals surface area contributed by atoms with Gasteiger partial charge in [0, 0.05) is 66.3 Å². The van der Waals surface area contributed by atoms with Crippen molar-refractivity contribution < 1.29 is 9.63 Å². The van der Waals surface area contributed by atoms with Crippen molar-refractivity contribution >= 4 is 33.4 Å². The number of nitrogens with one attached hydrogen (secondary N) is 1. The summed E-state index contributed by atoms with van der Waals surface area (Å²) in [7, 11) is 2.23. The number of carbonyl (C=O) groups excluding carboxylic acids is 1. The van der Waals surface area contributed by atoms with E-state index in [2.05, 4.69) is 77.1 Å². The van der Waals surface area contributed by atoms with E-state index in [0.29, 0.717) is 19.1 Å². The van der Waals surface area contributed by atoms with Crippen molar-refractivity contribution in [3.63, 3.8) is 0 Å². The second-order valence-corrected chi connectivity index (χ2v) is 13.6. The van der Waals surface area contributed by atoms with Gasteiger partial charge in [0.15, 0.2) is 0 Å². The van der Waals surface area contributed by atoms with E-state index in [1.54, 1.807) is 0 Å². The Morgan fingerprint density at radius 2 is 1.96 bits per heavy atom. The minimum Gasteiger partial charge on any atom is -0.395 e. The number of nitrogens with zero attached hydrogens (tertiary/aromatic N) is 6. The molecule has 238 valence electrons. The molecule has 1 amide bonds. The summed E-state index contributed by atoms with van der Waals surface area (Å²) in [6.07, 6.45) is 6.23. The third kappa shape index (κ3) is 5.44. The molecule has 1 fully saturated rings. The molecule has 2 aliphatic heterocycles. The quantitative estimate of drug-likeness (QED) is 0.202. The average molecular weight is 610 g/mol. The smallest absolute Gasteiger partial charge is 0.252 e. The normalized spacial score (nSPS) is 17.6. The highest BCUT2D eigenvalue weighted by Gasteiger charge is 2.35. The van der Waals surface area contributed by atoms with Gasteiger partial charge in [-0.3, -0.25) is 9.48 Å².